The van der Waals surface area contributed by atoms with Gasteiger partial charge in [0.1, 0.15) is 5.69 Å². The zero-order valence-corrected chi connectivity index (χ0v) is 15.8. The first-order valence-corrected chi connectivity index (χ1v) is 6.94. The van der Waals surface area contributed by atoms with Gasteiger partial charge in [-0.2, -0.15) is 0 Å². The molecule has 0 atom stereocenters. The normalized spacial score (nSPS) is 9.42. The fourth-order valence-corrected chi connectivity index (χ4v) is 1.97. The van der Waals surface area contributed by atoms with Crippen LogP contribution in [0.25, 0.3) is 0 Å². The molecule has 7 nitrogen and oxygen atoms in total. The summed E-state index contributed by atoms with van der Waals surface area (Å²) in [4.78, 5) is 39.0. The smallest absolute Gasteiger partial charge is 0.307 e. The molecule has 1 aromatic carbocycles. The molecule has 0 saturated heterocycles. The Morgan fingerprint density at radius 3 is 2.50 bits per heavy atom. The Labute approximate surface area is 165 Å². The van der Waals surface area contributed by atoms with Crippen LogP contribution in [0.4, 0.5) is 10.5 Å². The van der Waals surface area contributed by atoms with Crippen LogP contribution in [0.1, 0.15) is 27.8 Å². The number of hydrogen-bond acceptors (Lipinski definition) is 4. The number of hydrogen-bond donors (Lipinski definition) is 3. The maximum atomic E-state index is 12.0. The number of nitrogens with one attached hydrogen (secondary N) is 3. The maximum Gasteiger partial charge on any atom is 0.337 e. The number of amides is 3. The first kappa shape index (κ1) is 20.1. The van der Waals surface area contributed by atoms with Gasteiger partial charge < -0.3 is 5.32 Å². The van der Waals surface area contributed by atoms with E-state index in [0.717, 1.165) is 0 Å². The van der Waals surface area contributed by atoms with Gasteiger partial charge in [-0.25, -0.2) is 10.2 Å². The van der Waals surface area contributed by atoms with Gasteiger partial charge in [0.05, 0.1) is 5.56 Å². The Morgan fingerprint density at radius 2 is 1.83 bits per heavy atom. The molecule has 3 N–H and O–H groups in total. The fourth-order valence-electron chi connectivity index (χ4n) is 1.78. The molecular weight excluding hydrogens is 343 g/mol. The molecule has 0 aliphatic carbocycles. The third kappa shape index (κ3) is 5.61. The van der Waals surface area contributed by atoms with Gasteiger partial charge in [0.15, 0.2) is 5.78 Å². The van der Waals surface area contributed by atoms with Crippen molar-refractivity contribution in [3.8, 4) is 0 Å². The summed E-state index contributed by atoms with van der Waals surface area (Å²) in [7, 11) is 0. The second-order valence-electron chi connectivity index (χ2n) is 4.50. The summed E-state index contributed by atoms with van der Waals surface area (Å²) in [6.45, 7) is 1.30. The molecule has 2 aromatic rings. The summed E-state index contributed by atoms with van der Waals surface area (Å²) >= 11 is 5.80. The average Bonchev–Trinajstić information content (AvgIpc) is 2.52. The van der Waals surface area contributed by atoms with Crippen LogP contribution >= 0.6 is 11.6 Å². The molecule has 0 unspecified atom stereocenters. The molecule has 2 rings (SSSR count). The van der Waals surface area contributed by atoms with E-state index in [1.807, 2.05) is 0 Å². The minimum atomic E-state index is -0.658. The minimum Gasteiger partial charge on any atom is -0.307 e. The molecule has 1 radical (unpaired) electrons. The maximum absolute atomic E-state index is 12.0. The van der Waals surface area contributed by atoms with Crippen LogP contribution in [-0.4, -0.2) is 52.3 Å². The van der Waals surface area contributed by atoms with Crippen molar-refractivity contribution in [3.05, 3.63) is 58.9 Å². The Hall–Kier alpha value is -1.93. The SMILES string of the molecule is CC(=O)c1ncccc1C(=O)NNC(=O)Nc1cccc(Cl)c1.[Na]. The van der Waals surface area contributed by atoms with Crippen LogP contribution in [0, 0.1) is 0 Å². The predicted molar refractivity (Wildman–Crippen MR) is 91.1 cm³/mol. The summed E-state index contributed by atoms with van der Waals surface area (Å²) in [6, 6.07) is 8.83. The number of benzene rings is 1. The summed E-state index contributed by atoms with van der Waals surface area (Å²) in [5, 5.41) is 2.96. The fraction of sp³-hybridized carbons (Fsp3) is 0.0667. The number of anilines is 1. The van der Waals surface area contributed by atoms with Crippen molar-refractivity contribution in [2.45, 2.75) is 6.92 Å². The molecule has 0 aliphatic heterocycles. The van der Waals surface area contributed by atoms with Gasteiger partial charge in [0, 0.05) is 53.4 Å². The largest absolute Gasteiger partial charge is 0.337 e. The first-order chi connectivity index (χ1) is 11.0. The van der Waals surface area contributed by atoms with E-state index in [4.69, 9.17) is 11.6 Å². The zero-order chi connectivity index (χ0) is 16.8. The molecular formula is C15H13ClN4NaO3. The van der Waals surface area contributed by atoms with Gasteiger partial charge in [0.25, 0.3) is 5.91 Å². The van der Waals surface area contributed by atoms with Gasteiger partial charge >= 0.3 is 6.03 Å². The number of ketones is 1. The molecule has 0 saturated carbocycles. The van der Waals surface area contributed by atoms with Crippen LogP contribution in [-0.2, 0) is 0 Å². The van der Waals surface area contributed by atoms with Crippen molar-refractivity contribution in [1.29, 1.82) is 0 Å². The second kappa shape index (κ2) is 9.39. The van der Waals surface area contributed by atoms with E-state index in [9.17, 15) is 14.4 Å². The van der Waals surface area contributed by atoms with E-state index >= 15 is 0 Å². The van der Waals surface area contributed by atoms with Crippen molar-refractivity contribution in [3.63, 3.8) is 0 Å². The molecule has 0 spiro atoms. The van der Waals surface area contributed by atoms with Crippen molar-refractivity contribution in [2.24, 2.45) is 0 Å². The van der Waals surface area contributed by atoms with Crippen LogP contribution in [0.3, 0.4) is 0 Å². The van der Waals surface area contributed by atoms with Crippen molar-refractivity contribution < 1.29 is 14.4 Å². The van der Waals surface area contributed by atoms with Crippen molar-refractivity contribution >= 4 is 64.6 Å². The molecule has 1 aromatic heterocycles. The number of aromatic nitrogens is 1. The molecule has 0 aliphatic rings. The van der Waals surface area contributed by atoms with Crippen LogP contribution in [0.15, 0.2) is 42.6 Å². The number of nitrogens with zero attached hydrogens (tertiary/aromatic N) is 1. The van der Waals surface area contributed by atoms with Crippen molar-refractivity contribution in [1.82, 2.24) is 15.8 Å². The van der Waals surface area contributed by atoms with Gasteiger partial charge in [-0.05, 0) is 30.3 Å². The summed E-state index contributed by atoms with van der Waals surface area (Å²) in [6.07, 6.45) is 1.41. The molecule has 24 heavy (non-hydrogen) atoms. The van der Waals surface area contributed by atoms with Crippen LogP contribution in [0.2, 0.25) is 5.02 Å². The molecule has 119 valence electrons. The van der Waals surface area contributed by atoms with E-state index in [2.05, 4.69) is 21.2 Å². The molecule has 1 heterocycles. The van der Waals surface area contributed by atoms with E-state index in [-0.39, 0.29) is 46.6 Å². The topological polar surface area (TPSA) is 100 Å². The molecule has 3 amide bonds. The number of halogens is 1. The second-order valence-corrected chi connectivity index (χ2v) is 4.94. The first-order valence-electron chi connectivity index (χ1n) is 6.56. The molecule has 0 bridgehead atoms. The number of Topliss-reactive ketones (excluding diaryl/α,β-unsaturated/α-hetero) is 1. The standard InChI is InChI=1S/C15H13ClN4O3.Na/c1-9(21)13-12(6-3-7-17-13)14(22)19-20-15(23)18-11-5-2-4-10(16)8-11;/h2-8H,1H3,(H,19,22)(H2,18,20,23);. The Morgan fingerprint density at radius 1 is 1.08 bits per heavy atom. The third-order valence-electron chi connectivity index (χ3n) is 2.76. The average molecular weight is 356 g/mol. The van der Waals surface area contributed by atoms with Crippen molar-refractivity contribution in [2.75, 3.05) is 5.32 Å². The zero-order valence-electron chi connectivity index (χ0n) is 13.1. The van der Waals surface area contributed by atoms with E-state index < -0.39 is 11.9 Å². The minimum absolute atomic E-state index is 0. The number of rotatable bonds is 3. The number of urea groups is 1. The van der Waals surface area contributed by atoms with Gasteiger partial charge in [0.2, 0.25) is 0 Å². The van der Waals surface area contributed by atoms with Crippen LogP contribution in [0.5, 0.6) is 0 Å². The van der Waals surface area contributed by atoms with Gasteiger partial charge in [-0.15, -0.1) is 0 Å². The Kier molecular flexibility index (Phi) is 7.87. The molecule has 0 fully saturated rings. The number of pyridine rings is 1. The number of carbonyl (C=O) groups excluding carboxylic acids is 3. The van der Waals surface area contributed by atoms with E-state index in [1.165, 1.54) is 25.3 Å². The molecule has 9 heteroatoms. The number of carbonyl (C=O) groups is 3. The quantitative estimate of drug-likeness (QED) is 0.445. The predicted octanol–water partition coefficient (Wildman–Crippen LogP) is 2.02. The Balaban J connectivity index is 0.00000288. The summed E-state index contributed by atoms with van der Waals surface area (Å²) in [5.74, 6) is -0.997. The monoisotopic (exact) mass is 355 g/mol. The van der Waals surface area contributed by atoms with Gasteiger partial charge in [-0.1, -0.05) is 17.7 Å². The summed E-state index contributed by atoms with van der Waals surface area (Å²) in [5.41, 5.74) is 4.96. The number of hydrazine groups is 1. The van der Waals surface area contributed by atoms with E-state index in [1.54, 1.807) is 24.3 Å². The van der Waals surface area contributed by atoms with Gasteiger partial charge in [-0.3, -0.25) is 20.0 Å². The Bertz CT molecular complexity index is 770. The van der Waals surface area contributed by atoms with Crippen LogP contribution < -0.4 is 16.2 Å². The van der Waals surface area contributed by atoms with E-state index in [0.29, 0.717) is 10.7 Å². The third-order valence-corrected chi connectivity index (χ3v) is 2.99. The summed E-state index contributed by atoms with van der Waals surface area (Å²) < 4.78 is 0.